The van der Waals surface area contributed by atoms with Crippen molar-refractivity contribution in [1.82, 2.24) is 161 Å². The maximum Gasteiger partial charge on any atom is 0.326 e. The molecule has 6 rings (SSSR count). The molecule has 61 nitrogen and oxygen atoms in total. The molecular formula is C86H132N36O25. The fraction of sp³-hybridized carbons (Fsp3) is 0.558. The Balaban J connectivity index is 1.10. The highest BCUT2D eigenvalue weighted by molar-refractivity contribution is 6.01. The topological polar surface area (TPSA) is 961 Å². The number of imidazole rings is 5. The second-order valence-corrected chi connectivity index (χ2v) is 34.6. The van der Waals surface area contributed by atoms with Crippen LogP contribution in [-0.4, -0.2) is 358 Å². The van der Waals surface area contributed by atoms with Gasteiger partial charge in [0.25, 0.3) is 0 Å². The third kappa shape index (κ3) is 44.2. The Labute approximate surface area is 839 Å². The Kier molecular flexibility index (Phi) is 51.1. The zero-order valence-corrected chi connectivity index (χ0v) is 81.2. The molecule has 1 unspecified atom stereocenters. The standard InChI is InChI=1S/C86H132N36O25/c1-5-45(4)71(119-80(140)61(25-50-31-96-43-107-50)114-79(139)62(26-70(130)131)115-77(137)58(22-47-28-93-40-104-47)112-74(134)54(13-10-17-99-86(90)91)109-81(141)64(38-124)118-75(135)56(19-44(2)3)110-82(142)63(37-123)117-72(132)52(88)11-6-8-15-87)83(143)116-60(24-49-30-95-42-106-49)78(138)113-59(23-48-29-94-41-105-48)76(136)111-57(21-46-27-92-39-103-46)73(133)102-34-68(128)101-33-67(127)100-32-66(126)98-18-14-65(125)108-55(85(146)147)12-7-9-16-97-69(129)36-122-35-51(120-121-122)20-53(89)84(144)145/h27-31,35,39-45,52-64,71,123-124H,5-26,32-34,36-38,87-89H2,1-4H3,(H,92,103)(H,93,104)(H,94,105)(H,95,106)(H,96,107)(H,97,129)(H,98,126)(H,100,127)(H,101,128)(H,102,133)(H,108,125)(H,109,141)(H,110,142)(H,111,136)(H,112,134)(H,113,138)(H,114,139)(H,115,137)(H,116,143)(H,117,132)(H,118,135)(H,119,140)(H,130,131)(H,144,145)(H,146,147)(H4,90,91,99)/t45-,52-,53+,54-,55?,56-,57-,58-,59-,60-,61-,62-,63-,64-,71-/m0/s1. The molecule has 0 saturated carbocycles. The average Bonchev–Trinajstić information content (AvgIpc) is 1.81. The number of nitrogens with one attached hydrogen (secondary N) is 24. The summed E-state index contributed by atoms with van der Waals surface area (Å²) >= 11 is 0. The van der Waals surface area contributed by atoms with Crippen LogP contribution in [0.4, 0.5) is 0 Å². The van der Waals surface area contributed by atoms with E-state index in [1.54, 1.807) is 27.7 Å². The van der Waals surface area contributed by atoms with Gasteiger partial charge >= 0.3 is 17.9 Å². The first-order valence-electron chi connectivity index (χ1n) is 47.0. The number of aliphatic hydroxyl groups is 2. The van der Waals surface area contributed by atoms with Gasteiger partial charge in [-0.1, -0.05) is 45.7 Å². The molecule has 15 atom stereocenters. The van der Waals surface area contributed by atoms with Crippen molar-refractivity contribution in [3.63, 3.8) is 0 Å². The number of aromatic amines is 5. The van der Waals surface area contributed by atoms with Gasteiger partial charge in [-0.3, -0.25) is 96.5 Å². The van der Waals surface area contributed by atoms with Crippen molar-refractivity contribution in [2.45, 2.75) is 234 Å². The van der Waals surface area contributed by atoms with E-state index in [9.17, 15) is 107 Å². The summed E-state index contributed by atoms with van der Waals surface area (Å²) in [5.41, 5.74) is 24.0. The van der Waals surface area contributed by atoms with Crippen LogP contribution in [0, 0.1) is 17.2 Å². The minimum atomic E-state index is -2.11. The molecule has 61 heteroatoms. The lowest BCUT2D eigenvalue weighted by atomic mass is 9.96. The minimum absolute atomic E-state index is 0.0223. The number of carbonyl (C=O) groups excluding carboxylic acids is 17. The van der Waals surface area contributed by atoms with Gasteiger partial charge < -0.3 is 169 Å². The van der Waals surface area contributed by atoms with Gasteiger partial charge in [-0.05, 0) is 69.7 Å². The Morgan fingerprint density at radius 2 is 0.776 bits per heavy atom. The second kappa shape index (κ2) is 62.9. The largest absolute Gasteiger partial charge is 0.481 e. The molecule has 0 aromatic carbocycles. The molecule has 0 fully saturated rings. The number of aliphatic hydroxyl groups excluding tert-OH is 2. The van der Waals surface area contributed by atoms with Crippen molar-refractivity contribution in [3.05, 3.63) is 103 Å². The zero-order chi connectivity index (χ0) is 108. The minimum Gasteiger partial charge on any atom is -0.481 e. The monoisotopic (exact) mass is 2070 g/mol. The van der Waals surface area contributed by atoms with Gasteiger partial charge in [-0.2, -0.15) is 0 Å². The zero-order valence-electron chi connectivity index (χ0n) is 81.2. The fourth-order valence-corrected chi connectivity index (χ4v) is 14.1. The van der Waals surface area contributed by atoms with Crippen LogP contribution < -0.4 is 119 Å². The fourth-order valence-electron chi connectivity index (χ4n) is 14.1. The summed E-state index contributed by atoms with van der Waals surface area (Å²) in [6.45, 7) is 2.26. The Morgan fingerprint density at radius 1 is 0.388 bits per heavy atom. The number of carboxylic acid groups (broad SMARTS) is 3. The van der Waals surface area contributed by atoms with E-state index in [2.05, 4.69) is 156 Å². The van der Waals surface area contributed by atoms with Gasteiger partial charge in [0.15, 0.2) is 5.96 Å². The van der Waals surface area contributed by atoms with Crippen molar-refractivity contribution < 1.29 is 121 Å². The van der Waals surface area contributed by atoms with Gasteiger partial charge in [0.1, 0.15) is 85.1 Å². The van der Waals surface area contributed by atoms with Crippen molar-refractivity contribution in [2.75, 3.05) is 59.0 Å². The van der Waals surface area contributed by atoms with E-state index in [-0.39, 0.29) is 143 Å². The normalized spacial score (nSPS) is 14.2. The van der Waals surface area contributed by atoms with Crippen LogP contribution in [0.2, 0.25) is 0 Å². The maximum atomic E-state index is 15.1. The summed E-state index contributed by atoms with van der Waals surface area (Å²) < 4.78 is 1.19. The average molecular weight is 2070 g/mol. The van der Waals surface area contributed by atoms with Crippen molar-refractivity contribution >= 4 is 124 Å². The number of carbonyl (C=O) groups is 20. The van der Waals surface area contributed by atoms with Crippen molar-refractivity contribution in [2.24, 2.45) is 34.8 Å². The van der Waals surface area contributed by atoms with E-state index in [1.807, 2.05) is 0 Å². The number of unbranched alkanes of at least 4 members (excludes halogenated alkanes) is 2. The quantitative estimate of drug-likeness (QED) is 0.00958. The third-order valence-electron chi connectivity index (χ3n) is 22.3. The summed E-state index contributed by atoms with van der Waals surface area (Å²) in [6.07, 6.45) is 11.9. The molecule has 0 saturated heterocycles. The Hall–Kier alpha value is -16.3. The number of H-pyrrole nitrogens is 5. The number of carboxylic acids is 3. The molecule has 0 aliphatic rings. The lowest BCUT2D eigenvalue weighted by molar-refractivity contribution is -0.142. The first-order chi connectivity index (χ1) is 70.0. The van der Waals surface area contributed by atoms with Crippen molar-refractivity contribution in [3.8, 4) is 0 Å². The van der Waals surface area contributed by atoms with E-state index in [0.717, 1.165) is 0 Å². The molecule has 147 heavy (non-hydrogen) atoms. The third-order valence-corrected chi connectivity index (χ3v) is 22.3. The van der Waals surface area contributed by atoms with Crippen LogP contribution in [0.1, 0.15) is 139 Å². The van der Waals surface area contributed by atoms with Crippen LogP contribution in [-0.2, 0) is 141 Å². The molecule has 0 aliphatic carbocycles. The first kappa shape index (κ1) is 119. The van der Waals surface area contributed by atoms with Gasteiger partial charge in [-0.25, -0.2) is 34.4 Å². The molecule has 806 valence electrons. The molecule has 6 aromatic rings. The Morgan fingerprint density at radius 3 is 1.22 bits per heavy atom. The van der Waals surface area contributed by atoms with Crippen LogP contribution in [0.3, 0.4) is 0 Å². The molecule has 6 heterocycles. The summed E-state index contributed by atoms with van der Waals surface area (Å²) in [6, 6.07) is -22.4. The van der Waals surface area contributed by atoms with Gasteiger partial charge in [0.05, 0.1) is 82.6 Å². The second-order valence-electron chi connectivity index (χ2n) is 34.6. The van der Waals surface area contributed by atoms with Gasteiger partial charge in [-0.15, -0.1) is 5.10 Å². The summed E-state index contributed by atoms with van der Waals surface area (Å²) in [5.74, 6) is -22.6. The van der Waals surface area contributed by atoms with E-state index in [4.69, 9.17) is 33.5 Å². The molecular weight excluding hydrogens is 1940 g/mol. The van der Waals surface area contributed by atoms with Crippen LogP contribution >= 0.6 is 0 Å². The van der Waals surface area contributed by atoms with Crippen LogP contribution in [0.15, 0.2) is 68.8 Å². The predicted molar refractivity (Wildman–Crippen MR) is 510 cm³/mol. The number of amides is 17. The van der Waals surface area contributed by atoms with E-state index < -0.39 is 267 Å². The van der Waals surface area contributed by atoms with Crippen molar-refractivity contribution in [1.29, 1.82) is 5.41 Å². The number of aliphatic carboxylic acids is 3. The molecule has 6 aromatic heterocycles. The molecule has 0 aliphatic heterocycles. The molecule has 0 bridgehead atoms. The lowest BCUT2D eigenvalue weighted by Gasteiger charge is -2.29. The number of nitrogens with zero attached hydrogens (tertiary/aromatic N) is 8. The highest BCUT2D eigenvalue weighted by Crippen LogP contribution is 2.16. The number of nitrogens with two attached hydrogens (primary N) is 4. The van der Waals surface area contributed by atoms with E-state index in [0.29, 0.717) is 25.8 Å². The van der Waals surface area contributed by atoms with Gasteiger partial charge in [0, 0.05) is 130 Å². The van der Waals surface area contributed by atoms with Gasteiger partial charge in [0.2, 0.25) is 100 Å². The SMILES string of the molecule is CC[C@H](C)[C@H](NC(=O)[C@H](Cc1cnc[nH]1)NC(=O)[C@H](CC(=O)O)NC(=O)[C@H](Cc1cnc[nH]1)NC(=O)[C@H](CCCNC(=N)N)NC(=O)[C@H](CO)NC(=O)[C@H](CC(C)C)NC(=O)[C@H](CO)NC(=O)[C@@H](N)CCCCN)C(=O)N[C@@H](Cc1cnc[nH]1)C(=O)N[C@@H](Cc1cnc[nH]1)C(=O)N[C@@H](Cc1cnc[nH]1)C(=O)NCC(=O)NCC(=O)NCC(=O)NCCC(=O)NC(CCCCNC(=O)Cn1cc(C[C@@H](N)C(=O)O)nn1)C(=O)O. The molecule has 37 N–H and O–H groups in total. The Bertz CT molecular complexity index is 5300. The predicted octanol–water partition coefficient (Wildman–Crippen LogP) is -12.6. The lowest BCUT2D eigenvalue weighted by Crippen LogP contribution is -2.62. The number of guanidine groups is 1. The number of rotatable bonds is 70. The number of aromatic nitrogens is 13. The molecule has 0 radical (unpaired) electrons. The molecule has 0 spiro atoms. The van der Waals surface area contributed by atoms with E-state index in [1.165, 1.54) is 73.5 Å². The highest BCUT2D eigenvalue weighted by atomic mass is 16.4. The number of hydrogen-bond donors (Lipinski definition) is 33. The number of hydrogen-bond acceptors (Lipinski definition) is 33. The summed E-state index contributed by atoms with van der Waals surface area (Å²) in [7, 11) is 0. The van der Waals surface area contributed by atoms with Crippen LogP contribution in [0.25, 0.3) is 0 Å². The summed E-state index contributed by atoms with van der Waals surface area (Å²) in [5, 5.41) is 109. The molecule has 17 amide bonds. The highest BCUT2D eigenvalue weighted by Gasteiger charge is 2.40. The van der Waals surface area contributed by atoms with Crippen LogP contribution in [0.5, 0.6) is 0 Å². The summed E-state index contributed by atoms with van der Waals surface area (Å²) in [4.78, 5) is 306. The maximum absolute atomic E-state index is 15.1. The first-order valence-corrected chi connectivity index (χ1v) is 47.0. The van der Waals surface area contributed by atoms with E-state index >= 15 is 9.59 Å². The smallest absolute Gasteiger partial charge is 0.326 e.